The van der Waals surface area contributed by atoms with Gasteiger partial charge in [0.2, 0.25) is 0 Å². The van der Waals surface area contributed by atoms with E-state index in [0.29, 0.717) is 17.8 Å². The number of carbonyl (C=O) groups is 1. The molecule has 0 saturated heterocycles. The van der Waals surface area contributed by atoms with Gasteiger partial charge in [0.1, 0.15) is 11.0 Å². The molecule has 4 nitrogen and oxygen atoms in total. The Labute approximate surface area is 111 Å². The number of hydrogen-bond donors (Lipinski definition) is 2. The van der Waals surface area contributed by atoms with Gasteiger partial charge < -0.3 is 10.4 Å². The summed E-state index contributed by atoms with van der Waals surface area (Å²) < 4.78 is 0. The van der Waals surface area contributed by atoms with E-state index in [0.717, 1.165) is 12.8 Å². The Morgan fingerprint density at radius 1 is 1.50 bits per heavy atom. The number of carboxylic acid groups (broad SMARTS) is 1. The van der Waals surface area contributed by atoms with Gasteiger partial charge in [0.25, 0.3) is 0 Å². The molecule has 1 aliphatic rings. The number of anilines is 1. The zero-order chi connectivity index (χ0) is 13.1. The first kappa shape index (κ1) is 13.1. The number of rotatable bonds is 3. The highest BCUT2D eigenvalue weighted by atomic mass is 35.5. The highest BCUT2D eigenvalue weighted by Gasteiger charge is 2.19. The van der Waals surface area contributed by atoms with Gasteiger partial charge in [0.05, 0.1) is 5.56 Å². The highest BCUT2D eigenvalue weighted by Crippen LogP contribution is 2.26. The number of nitrogens with one attached hydrogen (secondary N) is 1. The Hall–Kier alpha value is -1.29. The van der Waals surface area contributed by atoms with Crippen molar-refractivity contribution in [3.63, 3.8) is 0 Å². The molecule has 1 fully saturated rings. The monoisotopic (exact) mass is 268 g/mol. The second-order valence-corrected chi connectivity index (χ2v) is 5.37. The van der Waals surface area contributed by atoms with E-state index in [4.69, 9.17) is 16.7 Å². The number of nitrogens with zero attached hydrogens (tertiary/aromatic N) is 1. The van der Waals surface area contributed by atoms with Crippen LogP contribution in [0.25, 0.3) is 0 Å². The van der Waals surface area contributed by atoms with Crippen LogP contribution < -0.4 is 5.32 Å². The summed E-state index contributed by atoms with van der Waals surface area (Å²) in [6.45, 7) is 2.24. The Balaban J connectivity index is 2.10. The van der Waals surface area contributed by atoms with Crippen molar-refractivity contribution in [1.82, 2.24) is 4.98 Å². The molecule has 18 heavy (non-hydrogen) atoms. The van der Waals surface area contributed by atoms with Gasteiger partial charge >= 0.3 is 5.97 Å². The van der Waals surface area contributed by atoms with Crippen molar-refractivity contribution in [3.05, 3.63) is 22.8 Å². The lowest BCUT2D eigenvalue weighted by molar-refractivity contribution is 0.0697. The van der Waals surface area contributed by atoms with Crippen molar-refractivity contribution in [2.45, 2.75) is 38.6 Å². The van der Waals surface area contributed by atoms with Crippen LogP contribution in [0.4, 0.5) is 5.82 Å². The van der Waals surface area contributed by atoms with Crippen molar-refractivity contribution in [3.8, 4) is 0 Å². The van der Waals surface area contributed by atoms with Gasteiger partial charge in [-0.15, -0.1) is 0 Å². The third-order valence-electron chi connectivity index (χ3n) is 3.33. The summed E-state index contributed by atoms with van der Waals surface area (Å²) in [5, 5.41) is 12.5. The second-order valence-electron chi connectivity index (χ2n) is 4.98. The van der Waals surface area contributed by atoms with E-state index in [1.807, 2.05) is 0 Å². The molecule has 2 rings (SSSR count). The minimum Gasteiger partial charge on any atom is -0.478 e. The van der Waals surface area contributed by atoms with Gasteiger partial charge in [-0.05, 0) is 30.9 Å². The summed E-state index contributed by atoms with van der Waals surface area (Å²) >= 11 is 5.83. The van der Waals surface area contributed by atoms with Crippen LogP contribution in [0.1, 0.15) is 43.0 Å². The number of pyridine rings is 1. The highest BCUT2D eigenvalue weighted by molar-refractivity contribution is 6.29. The smallest absolute Gasteiger partial charge is 0.335 e. The lowest BCUT2D eigenvalue weighted by atomic mass is 9.87. The van der Waals surface area contributed by atoms with Gasteiger partial charge in [-0.2, -0.15) is 0 Å². The van der Waals surface area contributed by atoms with Crippen molar-refractivity contribution in [1.29, 1.82) is 0 Å². The Morgan fingerprint density at radius 2 is 2.28 bits per heavy atom. The third-order valence-corrected chi connectivity index (χ3v) is 3.52. The van der Waals surface area contributed by atoms with Gasteiger partial charge in [0, 0.05) is 6.04 Å². The first-order valence-corrected chi connectivity index (χ1v) is 6.60. The molecule has 2 atom stereocenters. The first-order chi connectivity index (χ1) is 8.54. The molecule has 1 aliphatic carbocycles. The number of aromatic nitrogens is 1. The van der Waals surface area contributed by atoms with E-state index in [-0.39, 0.29) is 10.7 Å². The van der Waals surface area contributed by atoms with Crippen LogP contribution in [0, 0.1) is 5.92 Å². The van der Waals surface area contributed by atoms with E-state index in [9.17, 15) is 4.79 Å². The minimum absolute atomic E-state index is 0.168. The maximum absolute atomic E-state index is 10.9. The van der Waals surface area contributed by atoms with E-state index < -0.39 is 5.97 Å². The van der Waals surface area contributed by atoms with Gasteiger partial charge in [0.15, 0.2) is 0 Å². The summed E-state index contributed by atoms with van der Waals surface area (Å²) in [6, 6.07) is 3.26. The minimum atomic E-state index is -0.987. The van der Waals surface area contributed by atoms with Crippen LogP contribution in [-0.4, -0.2) is 22.1 Å². The molecule has 2 N–H and O–H groups in total. The first-order valence-electron chi connectivity index (χ1n) is 6.22. The molecule has 1 aromatic heterocycles. The van der Waals surface area contributed by atoms with Gasteiger partial charge in [-0.25, -0.2) is 9.78 Å². The summed E-state index contributed by atoms with van der Waals surface area (Å²) in [7, 11) is 0. The molecule has 1 aromatic rings. The maximum atomic E-state index is 10.9. The second kappa shape index (κ2) is 5.57. The van der Waals surface area contributed by atoms with Gasteiger partial charge in [-0.3, -0.25) is 0 Å². The van der Waals surface area contributed by atoms with E-state index in [2.05, 4.69) is 17.2 Å². The fourth-order valence-electron chi connectivity index (χ4n) is 2.47. The quantitative estimate of drug-likeness (QED) is 0.825. The largest absolute Gasteiger partial charge is 0.478 e. The van der Waals surface area contributed by atoms with Crippen molar-refractivity contribution >= 4 is 23.4 Å². The van der Waals surface area contributed by atoms with Crippen LogP contribution in [0.15, 0.2) is 12.1 Å². The summed E-state index contributed by atoms with van der Waals surface area (Å²) in [5.74, 6) is 0.271. The molecule has 98 valence electrons. The lowest BCUT2D eigenvalue weighted by Gasteiger charge is -2.27. The van der Waals surface area contributed by atoms with Crippen LogP contribution >= 0.6 is 11.6 Å². The molecule has 0 radical (unpaired) electrons. The standard InChI is InChI=1S/C13H17ClN2O2/c1-8-3-2-4-10(5-8)15-12-7-9(13(17)18)6-11(14)16-12/h6-8,10H,2-5H2,1H3,(H,15,16)(H,17,18). The molecule has 2 unspecified atom stereocenters. The van der Waals surface area contributed by atoms with Crippen molar-refractivity contribution in [2.24, 2.45) is 5.92 Å². The van der Waals surface area contributed by atoms with Crippen LogP contribution in [0.3, 0.4) is 0 Å². The fourth-order valence-corrected chi connectivity index (χ4v) is 2.68. The Morgan fingerprint density at radius 3 is 2.94 bits per heavy atom. The molecule has 0 bridgehead atoms. The molecule has 5 heteroatoms. The number of aromatic carboxylic acids is 1. The molecule has 0 amide bonds. The average Bonchev–Trinajstić information content (AvgIpc) is 2.28. The number of carboxylic acids is 1. The predicted molar refractivity (Wildman–Crippen MR) is 71.2 cm³/mol. The molecule has 0 spiro atoms. The van der Waals surface area contributed by atoms with Crippen molar-refractivity contribution in [2.75, 3.05) is 5.32 Å². The number of hydrogen-bond acceptors (Lipinski definition) is 3. The van der Waals surface area contributed by atoms with Crippen LogP contribution in [-0.2, 0) is 0 Å². The van der Waals surface area contributed by atoms with E-state index >= 15 is 0 Å². The maximum Gasteiger partial charge on any atom is 0.335 e. The van der Waals surface area contributed by atoms with E-state index in [1.165, 1.54) is 25.0 Å². The Bertz CT molecular complexity index is 451. The lowest BCUT2D eigenvalue weighted by Crippen LogP contribution is -2.26. The topological polar surface area (TPSA) is 62.2 Å². The number of halogens is 1. The molecule has 1 saturated carbocycles. The molecular weight excluding hydrogens is 252 g/mol. The molecule has 0 aliphatic heterocycles. The van der Waals surface area contributed by atoms with Crippen LogP contribution in [0.2, 0.25) is 5.15 Å². The average molecular weight is 269 g/mol. The SMILES string of the molecule is CC1CCCC(Nc2cc(C(=O)O)cc(Cl)n2)C1. The predicted octanol–water partition coefficient (Wildman–Crippen LogP) is 3.42. The van der Waals surface area contributed by atoms with E-state index in [1.54, 1.807) is 0 Å². The molecule has 0 aromatic carbocycles. The summed E-state index contributed by atoms with van der Waals surface area (Å²) in [6.07, 6.45) is 4.66. The molecular formula is C13H17ClN2O2. The summed E-state index contributed by atoms with van der Waals surface area (Å²) in [5.41, 5.74) is 0.168. The fraction of sp³-hybridized carbons (Fsp3) is 0.538. The van der Waals surface area contributed by atoms with Crippen LogP contribution in [0.5, 0.6) is 0 Å². The van der Waals surface area contributed by atoms with Gasteiger partial charge in [-0.1, -0.05) is 31.4 Å². The normalized spacial score (nSPS) is 23.7. The zero-order valence-electron chi connectivity index (χ0n) is 10.3. The zero-order valence-corrected chi connectivity index (χ0v) is 11.1. The summed E-state index contributed by atoms with van der Waals surface area (Å²) in [4.78, 5) is 15.1. The third kappa shape index (κ3) is 3.35. The molecule has 1 heterocycles. The Kier molecular flexibility index (Phi) is 4.07. The van der Waals surface area contributed by atoms with Crippen molar-refractivity contribution < 1.29 is 9.90 Å².